The number of piperidine rings is 2. The third-order valence-corrected chi connectivity index (χ3v) is 5.59. The van der Waals surface area contributed by atoms with Gasteiger partial charge in [-0.3, -0.25) is 0 Å². The van der Waals surface area contributed by atoms with Crippen molar-refractivity contribution < 1.29 is 0 Å². The van der Waals surface area contributed by atoms with Crippen molar-refractivity contribution in [2.24, 2.45) is 5.92 Å². The average molecular weight is 352 g/mol. The predicted molar refractivity (Wildman–Crippen MR) is 104 cm³/mol. The Balaban J connectivity index is 1.56. The molecule has 2 aliphatic rings. The molecule has 0 N–H and O–H groups in total. The Bertz CT molecular complexity index is 748. The van der Waals surface area contributed by atoms with E-state index in [4.69, 9.17) is 9.97 Å². The average Bonchev–Trinajstić information content (AvgIpc) is 2.69. The van der Waals surface area contributed by atoms with Crippen molar-refractivity contribution in [3.63, 3.8) is 0 Å². The van der Waals surface area contributed by atoms with Crippen molar-refractivity contribution in [2.75, 3.05) is 36.0 Å². The van der Waals surface area contributed by atoms with Gasteiger partial charge in [0.05, 0.1) is 11.4 Å². The van der Waals surface area contributed by atoms with Crippen molar-refractivity contribution in [3.8, 4) is 11.3 Å². The fourth-order valence-electron chi connectivity index (χ4n) is 3.81. The van der Waals surface area contributed by atoms with Crippen molar-refractivity contribution in [2.45, 2.75) is 46.0 Å². The topological polar surface area (TPSA) is 58.0 Å². The molecule has 2 aromatic rings. The number of rotatable bonds is 3. The molecule has 0 amide bonds. The van der Waals surface area contributed by atoms with Gasteiger partial charge < -0.3 is 9.80 Å². The second-order valence-electron chi connectivity index (χ2n) is 7.63. The maximum Gasteiger partial charge on any atom is 0.225 e. The van der Waals surface area contributed by atoms with Gasteiger partial charge in [-0.1, -0.05) is 6.92 Å². The summed E-state index contributed by atoms with van der Waals surface area (Å²) < 4.78 is 0. The monoisotopic (exact) mass is 352 g/mol. The minimum atomic E-state index is 0.799. The Labute approximate surface area is 155 Å². The minimum Gasteiger partial charge on any atom is -0.341 e. The molecule has 0 bridgehead atoms. The van der Waals surface area contributed by atoms with Crippen LogP contribution in [-0.4, -0.2) is 46.1 Å². The van der Waals surface area contributed by atoms with E-state index in [0.29, 0.717) is 0 Å². The fraction of sp³-hybridized carbons (Fsp3) is 0.600. The lowest BCUT2D eigenvalue weighted by Gasteiger charge is -2.30. The first-order valence-electron chi connectivity index (χ1n) is 9.87. The van der Waals surface area contributed by atoms with Gasteiger partial charge in [-0.25, -0.2) is 19.9 Å². The van der Waals surface area contributed by atoms with Crippen molar-refractivity contribution in [1.82, 2.24) is 19.9 Å². The fourth-order valence-corrected chi connectivity index (χ4v) is 3.81. The molecule has 26 heavy (non-hydrogen) atoms. The third kappa shape index (κ3) is 3.64. The molecule has 0 radical (unpaired) electrons. The number of hydrogen-bond donors (Lipinski definition) is 0. The van der Waals surface area contributed by atoms with Gasteiger partial charge in [0.2, 0.25) is 11.9 Å². The van der Waals surface area contributed by atoms with E-state index in [9.17, 15) is 0 Å². The maximum absolute atomic E-state index is 4.82. The summed E-state index contributed by atoms with van der Waals surface area (Å²) in [5.41, 5.74) is 2.90. The Morgan fingerprint density at radius 1 is 0.885 bits per heavy atom. The summed E-state index contributed by atoms with van der Waals surface area (Å²) in [6.45, 7) is 8.56. The van der Waals surface area contributed by atoms with E-state index in [1.165, 1.54) is 32.1 Å². The van der Waals surface area contributed by atoms with Crippen molar-refractivity contribution in [1.29, 1.82) is 0 Å². The highest BCUT2D eigenvalue weighted by Gasteiger charge is 2.19. The number of anilines is 2. The molecule has 2 saturated heterocycles. The summed E-state index contributed by atoms with van der Waals surface area (Å²) in [6.07, 6.45) is 9.97. The molecule has 4 rings (SSSR count). The number of nitrogens with zero attached hydrogens (tertiary/aromatic N) is 6. The maximum atomic E-state index is 4.82. The van der Waals surface area contributed by atoms with E-state index in [0.717, 1.165) is 60.9 Å². The molecule has 6 heteroatoms. The Kier molecular flexibility index (Phi) is 5.00. The summed E-state index contributed by atoms with van der Waals surface area (Å²) in [5, 5.41) is 0. The predicted octanol–water partition coefficient (Wildman–Crippen LogP) is 3.47. The summed E-state index contributed by atoms with van der Waals surface area (Å²) >= 11 is 0. The number of hydrogen-bond acceptors (Lipinski definition) is 6. The number of aromatic nitrogens is 4. The summed E-state index contributed by atoms with van der Waals surface area (Å²) in [4.78, 5) is 23.3. The normalized spacial score (nSPS) is 19.0. The second-order valence-corrected chi connectivity index (χ2v) is 7.63. The molecule has 2 aromatic heterocycles. The Hall–Kier alpha value is -2.24. The zero-order chi connectivity index (χ0) is 17.9. The second kappa shape index (κ2) is 7.56. The van der Waals surface area contributed by atoms with Crippen LogP contribution in [0.5, 0.6) is 0 Å². The molecule has 0 saturated carbocycles. The van der Waals surface area contributed by atoms with Gasteiger partial charge in [0.25, 0.3) is 0 Å². The van der Waals surface area contributed by atoms with Crippen LogP contribution in [0.1, 0.15) is 44.7 Å². The zero-order valence-corrected chi connectivity index (χ0v) is 15.9. The molecular weight excluding hydrogens is 324 g/mol. The first-order chi connectivity index (χ1) is 12.7. The van der Waals surface area contributed by atoms with Crippen LogP contribution in [0, 0.1) is 12.8 Å². The highest BCUT2D eigenvalue weighted by molar-refractivity contribution is 5.62. The van der Waals surface area contributed by atoms with Crippen LogP contribution in [-0.2, 0) is 0 Å². The lowest BCUT2D eigenvalue weighted by molar-refractivity contribution is 0.434. The molecule has 0 unspecified atom stereocenters. The highest BCUT2D eigenvalue weighted by Crippen LogP contribution is 2.25. The van der Waals surface area contributed by atoms with Crippen LogP contribution in [0.25, 0.3) is 11.3 Å². The van der Waals surface area contributed by atoms with Crippen molar-refractivity contribution >= 4 is 11.9 Å². The van der Waals surface area contributed by atoms with Gasteiger partial charge in [-0.15, -0.1) is 0 Å². The third-order valence-electron chi connectivity index (χ3n) is 5.59. The molecule has 4 heterocycles. The molecule has 138 valence electrons. The van der Waals surface area contributed by atoms with Crippen LogP contribution < -0.4 is 9.80 Å². The van der Waals surface area contributed by atoms with Gasteiger partial charge in [-0.2, -0.15) is 0 Å². The molecule has 0 spiro atoms. The molecular formula is C20H28N6. The molecule has 0 aromatic carbocycles. The smallest absolute Gasteiger partial charge is 0.225 e. The molecule has 2 aliphatic heterocycles. The van der Waals surface area contributed by atoms with Gasteiger partial charge in [0.15, 0.2) is 0 Å². The SMILES string of the molecule is Cc1nc(N2CCCCC2)ncc1-c1ccnc(N2CCC(C)CC2)n1. The lowest BCUT2D eigenvalue weighted by Crippen LogP contribution is -2.34. The summed E-state index contributed by atoms with van der Waals surface area (Å²) in [6, 6.07) is 1.96. The molecule has 0 atom stereocenters. The first kappa shape index (κ1) is 17.2. The van der Waals surface area contributed by atoms with E-state index in [-0.39, 0.29) is 0 Å². The van der Waals surface area contributed by atoms with E-state index in [2.05, 4.69) is 33.6 Å². The summed E-state index contributed by atoms with van der Waals surface area (Å²) in [5.74, 6) is 2.48. The van der Waals surface area contributed by atoms with E-state index in [1.807, 2.05) is 18.5 Å². The minimum absolute atomic E-state index is 0.799. The lowest BCUT2D eigenvalue weighted by atomic mass is 10.00. The molecule has 0 aliphatic carbocycles. The zero-order valence-electron chi connectivity index (χ0n) is 15.9. The van der Waals surface area contributed by atoms with Gasteiger partial charge >= 0.3 is 0 Å². The van der Waals surface area contributed by atoms with Gasteiger partial charge in [0.1, 0.15) is 0 Å². The van der Waals surface area contributed by atoms with Crippen LogP contribution in [0.15, 0.2) is 18.5 Å². The van der Waals surface area contributed by atoms with Crippen molar-refractivity contribution in [3.05, 3.63) is 24.2 Å². The highest BCUT2D eigenvalue weighted by atomic mass is 15.3. The van der Waals surface area contributed by atoms with E-state index < -0.39 is 0 Å². The van der Waals surface area contributed by atoms with Gasteiger partial charge in [0, 0.05) is 44.1 Å². The van der Waals surface area contributed by atoms with Crippen LogP contribution in [0.4, 0.5) is 11.9 Å². The number of aryl methyl sites for hydroxylation is 1. The quantitative estimate of drug-likeness (QED) is 0.843. The standard InChI is InChI=1S/C20H28N6/c1-15-7-12-26(13-8-15)19-21-9-6-18(24-19)17-14-22-20(23-16(17)2)25-10-4-3-5-11-25/h6,9,14-15H,3-5,7-8,10-13H2,1-2H3. The molecule has 2 fully saturated rings. The Morgan fingerprint density at radius 2 is 1.58 bits per heavy atom. The van der Waals surface area contributed by atoms with Crippen LogP contribution in [0.2, 0.25) is 0 Å². The molecule has 6 nitrogen and oxygen atoms in total. The summed E-state index contributed by atoms with van der Waals surface area (Å²) in [7, 11) is 0. The van der Waals surface area contributed by atoms with Crippen LogP contribution >= 0.6 is 0 Å². The Morgan fingerprint density at radius 3 is 2.31 bits per heavy atom. The first-order valence-corrected chi connectivity index (χ1v) is 9.87. The van der Waals surface area contributed by atoms with E-state index >= 15 is 0 Å². The largest absolute Gasteiger partial charge is 0.341 e. The van der Waals surface area contributed by atoms with Crippen LogP contribution in [0.3, 0.4) is 0 Å². The van der Waals surface area contributed by atoms with Gasteiger partial charge in [-0.05, 0) is 51.0 Å². The van der Waals surface area contributed by atoms with E-state index in [1.54, 1.807) is 0 Å².